The van der Waals surface area contributed by atoms with Crippen LogP contribution in [0, 0.1) is 0 Å². The molecule has 122 valence electrons. The van der Waals surface area contributed by atoms with Crippen molar-refractivity contribution in [1.82, 2.24) is 15.3 Å². The third-order valence-corrected chi connectivity index (χ3v) is 4.47. The van der Waals surface area contributed by atoms with Crippen molar-refractivity contribution >= 4 is 29.3 Å². The highest BCUT2D eigenvalue weighted by atomic mass is 35.5. The maximum atomic E-state index is 12.0. The minimum atomic E-state index is -0.123. The number of imidazole rings is 1. The molecule has 0 saturated carbocycles. The molecule has 0 atom stereocenters. The first-order valence-electron chi connectivity index (χ1n) is 7.49. The lowest BCUT2D eigenvalue weighted by Crippen LogP contribution is -2.25. The fourth-order valence-electron chi connectivity index (χ4n) is 2.18. The highest BCUT2D eigenvalue weighted by molar-refractivity contribution is 7.99. The molecule has 0 aliphatic carbocycles. The summed E-state index contributed by atoms with van der Waals surface area (Å²) in [5.41, 5.74) is 2.66. The van der Waals surface area contributed by atoms with Gasteiger partial charge in [-0.05, 0) is 23.8 Å². The zero-order chi connectivity index (χ0) is 16.8. The van der Waals surface area contributed by atoms with Crippen molar-refractivity contribution in [2.24, 2.45) is 0 Å². The van der Waals surface area contributed by atoms with Crippen molar-refractivity contribution in [2.45, 2.75) is 5.16 Å². The van der Waals surface area contributed by atoms with Gasteiger partial charge in [0.15, 0.2) is 5.16 Å². The molecule has 4 nitrogen and oxygen atoms in total. The van der Waals surface area contributed by atoms with Crippen LogP contribution in [-0.2, 0) is 0 Å². The standard InChI is InChI=1S/C18H16ClN3OS/c19-15-8-4-7-14(11-15)17(23)20-9-10-24-18-21-12-16(22-18)13-5-2-1-3-6-13/h1-8,11-12H,9-10H2,(H,20,23)(H,21,22). The fourth-order valence-corrected chi connectivity index (χ4v) is 3.08. The van der Waals surface area contributed by atoms with E-state index in [4.69, 9.17) is 11.6 Å². The number of halogens is 1. The van der Waals surface area contributed by atoms with E-state index < -0.39 is 0 Å². The molecule has 2 N–H and O–H groups in total. The van der Waals surface area contributed by atoms with E-state index in [1.807, 2.05) is 36.5 Å². The number of carbonyl (C=O) groups excluding carboxylic acids is 1. The third kappa shape index (κ3) is 4.40. The van der Waals surface area contributed by atoms with Gasteiger partial charge in [0, 0.05) is 22.9 Å². The Morgan fingerprint density at radius 3 is 2.79 bits per heavy atom. The minimum Gasteiger partial charge on any atom is -0.351 e. The second-order valence-corrected chi connectivity index (χ2v) is 6.60. The molecule has 2 aromatic carbocycles. The van der Waals surface area contributed by atoms with Crippen LogP contribution >= 0.6 is 23.4 Å². The number of aromatic nitrogens is 2. The summed E-state index contributed by atoms with van der Waals surface area (Å²) in [6.45, 7) is 0.553. The van der Waals surface area contributed by atoms with Crippen LogP contribution in [0.3, 0.4) is 0 Å². The van der Waals surface area contributed by atoms with E-state index in [1.165, 1.54) is 0 Å². The van der Waals surface area contributed by atoms with Gasteiger partial charge in [0.25, 0.3) is 5.91 Å². The van der Waals surface area contributed by atoms with Crippen molar-refractivity contribution < 1.29 is 4.79 Å². The van der Waals surface area contributed by atoms with Crippen molar-refractivity contribution in [3.8, 4) is 11.3 Å². The summed E-state index contributed by atoms with van der Waals surface area (Å²) in [6.07, 6.45) is 1.82. The number of carbonyl (C=O) groups is 1. The Kier molecular flexibility index (Phi) is 5.56. The summed E-state index contributed by atoms with van der Waals surface area (Å²) < 4.78 is 0. The van der Waals surface area contributed by atoms with Gasteiger partial charge in [-0.2, -0.15) is 0 Å². The number of hydrogen-bond donors (Lipinski definition) is 2. The smallest absolute Gasteiger partial charge is 0.251 e. The Hall–Kier alpha value is -2.24. The van der Waals surface area contributed by atoms with Gasteiger partial charge in [-0.3, -0.25) is 4.79 Å². The molecule has 0 aliphatic rings. The molecule has 0 aliphatic heterocycles. The van der Waals surface area contributed by atoms with E-state index in [2.05, 4.69) is 15.3 Å². The monoisotopic (exact) mass is 357 g/mol. The van der Waals surface area contributed by atoms with E-state index >= 15 is 0 Å². The second-order valence-electron chi connectivity index (χ2n) is 5.08. The van der Waals surface area contributed by atoms with Crippen LogP contribution < -0.4 is 5.32 Å². The molecule has 3 aromatic rings. The number of thioether (sulfide) groups is 1. The zero-order valence-electron chi connectivity index (χ0n) is 12.8. The topological polar surface area (TPSA) is 57.8 Å². The largest absolute Gasteiger partial charge is 0.351 e. The highest BCUT2D eigenvalue weighted by Crippen LogP contribution is 2.20. The van der Waals surface area contributed by atoms with E-state index in [1.54, 1.807) is 36.0 Å². The molecule has 3 rings (SSSR count). The average Bonchev–Trinajstić information content (AvgIpc) is 3.08. The molecule has 1 amide bonds. The summed E-state index contributed by atoms with van der Waals surface area (Å²) in [4.78, 5) is 19.6. The Labute approximate surface area is 149 Å². The van der Waals surface area contributed by atoms with Gasteiger partial charge in [0.2, 0.25) is 0 Å². The van der Waals surface area contributed by atoms with Crippen LogP contribution in [0.15, 0.2) is 66.0 Å². The van der Waals surface area contributed by atoms with Crippen molar-refractivity contribution in [3.05, 3.63) is 71.4 Å². The van der Waals surface area contributed by atoms with E-state index in [-0.39, 0.29) is 5.91 Å². The molecule has 0 spiro atoms. The molecular formula is C18H16ClN3OS. The summed E-state index contributed by atoms with van der Waals surface area (Å²) in [5.74, 6) is 0.608. The van der Waals surface area contributed by atoms with Crippen LogP contribution in [0.2, 0.25) is 5.02 Å². The maximum Gasteiger partial charge on any atom is 0.251 e. The van der Waals surface area contributed by atoms with Crippen molar-refractivity contribution in [1.29, 1.82) is 0 Å². The zero-order valence-corrected chi connectivity index (χ0v) is 14.4. The first-order chi connectivity index (χ1) is 11.7. The van der Waals surface area contributed by atoms with Gasteiger partial charge in [-0.15, -0.1) is 0 Å². The van der Waals surface area contributed by atoms with Crippen LogP contribution in [0.1, 0.15) is 10.4 Å². The average molecular weight is 358 g/mol. The van der Waals surface area contributed by atoms with Gasteiger partial charge in [0.1, 0.15) is 0 Å². The van der Waals surface area contributed by atoms with Gasteiger partial charge in [-0.1, -0.05) is 59.8 Å². The predicted molar refractivity (Wildman–Crippen MR) is 98.5 cm³/mol. The van der Waals surface area contributed by atoms with Gasteiger partial charge < -0.3 is 10.3 Å². The summed E-state index contributed by atoms with van der Waals surface area (Å²) in [6, 6.07) is 17.0. The number of H-pyrrole nitrogens is 1. The Morgan fingerprint density at radius 2 is 2.00 bits per heavy atom. The predicted octanol–water partition coefficient (Wildman–Crippen LogP) is 4.25. The first-order valence-corrected chi connectivity index (χ1v) is 8.86. The SMILES string of the molecule is O=C(NCCSc1ncc(-c2ccccc2)[nH]1)c1cccc(Cl)c1. The van der Waals surface area contributed by atoms with Crippen molar-refractivity contribution in [2.75, 3.05) is 12.3 Å². The summed E-state index contributed by atoms with van der Waals surface area (Å²) in [5, 5.41) is 4.27. The molecule has 0 unspecified atom stereocenters. The van der Waals surface area contributed by atoms with Gasteiger partial charge in [-0.25, -0.2) is 4.98 Å². The molecule has 1 aromatic heterocycles. The molecule has 6 heteroatoms. The maximum absolute atomic E-state index is 12.0. The number of aromatic amines is 1. The van der Waals surface area contributed by atoms with Crippen LogP contribution in [0.25, 0.3) is 11.3 Å². The highest BCUT2D eigenvalue weighted by Gasteiger charge is 2.06. The number of benzene rings is 2. The molecule has 1 heterocycles. The third-order valence-electron chi connectivity index (χ3n) is 3.35. The number of hydrogen-bond acceptors (Lipinski definition) is 3. The Morgan fingerprint density at radius 1 is 1.17 bits per heavy atom. The molecule has 0 radical (unpaired) electrons. The van der Waals surface area contributed by atoms with E-state index in [0.29, 0.717) is 17.1 Å². The normalized spacial score (nSPS) is 10.5. The number of amides is 1. The molecule has 0 fully saturated rings. The Balaban J connectivity index is 1.47. The van der Waals surface area contributed by atoms with Crippen LogP contribution in [0.5, 0.6) is 0 Å². The molecular weight excluding hydrogens is 342 g/mol. The number of nitrogens with zero attached hydrogens (tertiary/aromatic N) is 1. The second kappa shape index (κ2) is 8.04. The van der Waals surface area contributed by atoms with Crippen LogP contribution in [-0.4, -0.2) is 28.2 Å². The lowest BCUT2D eigenvalue weighted by atomic mass is 10.2. The van der Waals surface area contributed by atoms with E-state index in [0.717, 1.165) is 22.2 Å². The lowest BCUT2D eigenvalue weighted by molar-refractivity contribution is 0.0956. The lowest BCUT2D eigenvalue weighted by Gasteiger charge is -2.04. The van der Waals surface area contributed by atoms with Crippen LogP contribution in [0.4, 0.5) is 0 Å². The Bertz CT molecular complexity index is 820. The summed E-state index contributed by atoms with van der Waals surface area (Å²) in [7, 11) is 0. The quantitative estimate of drug-likeness (QED) is 0.512. The number of rotatable bonds is 6. The fraction of sp³-hybridized carbons (Fsp3) is 0.111. The minimum absolute atomic E-state index is 0.123. The van der Waals surface area contributed by atoms with Gasteiger partial charge >= 0.3 is 0 Å². The summed E-state index contributed by atoms with van der Waals surface area (Å²) >= 11 is 7.46. The molecule has 0 saturated heterocycles. The first kappa shape index (κ1) is 16.6. The number of nitrogens with one attached hydrogen (secondary N) is 2. The van der Waals surface area contributed by atoms with Crippen molar-refractivity contribution in [3.63, 3.8) is 0 Å². The van der Waals surface area contributed by atoms with Gasteiger partial charge in [0.05, 0.1) is 11.9 Å². The van der Waals surface area contributed by atoms with E-state index in [9.17, 15) is 4.79 Å². The molecule has 0 bridgehead atoms. The molecule has 24 heavy (non-hydrogen) atoms.